The van der Waals surface area contributed by atoms with Gasteiger partial charge in [0.15, 0.2) is 16.6 Å². The van der Waals surface area contributed by atoms with E-state index >= 15 is 0 Å². The lowest BCUT2D eigenvalue weighted by atomic mass is 10.1. The summed E-state index contributed by atoms with van der Waals surface area (Å²) in [5, 5.41) is 3.32. The van der Waals surface area contributed by atoms with Gasteiger partial charge in [0.05, 0.1) is 28.8 Å². The summed E-state index contributed by atoms with van der Waals surface area (Å²) in [6.45, 7) is 5.05. The Kier molecular flexibility index (Phi) is 7.65. The van der Waals surface area contributed by atoms with E-state index in [0.29, 0.717) is 21.3 Å². The molecule has 1 aromatic carbocycles. The molecule has 166 valence electrons. The van der Waals surface area contributed by atoms with Crippen molar-refractivity contribution in [3.05, 3.63) is 68.3 Å². The number of benzene rings is 1. The Morgan fingerprint density at radius 1 is 1.22 bits per heavy atom. The SMILES string of the molecule is COC(=O)c1c(NC(=O)c2nc(SCc3ccccc3C)ncc2Cl)sc(C(C)=O)c1C. The van der Waals surface area contributed by atoms with Crippen molar-refractivity contribution < 1.29 is 19.1 Å². The molecule has 0 saturated heterocycles. The van der Waals surface area contributed by atoms with E-state index in [1.807, 2.05) is 31.2 Å². The number of ketones is 1. The van der Waals surface area contributed by atoms with Crippen LogP contribution in [0.25, 0.3) is 0 Å². The second-order valence-corrected chi connectivity index (χ2v) is 9.20. The predicted molar refractivity (Wildman–Crippen MR) is 126 cm³/mol. The van der Waals surface area contributed by atoms with Gasteiger partial charge in [-0.2, -0.15) is 0 Å². The van der Waals surface area contributed by atoms with Crippen LogP contribution in [0.1, 0.15) is 54.1 Å². The Bertz CT molecular complexity index is 1210. The third-order valence-electron chi connectivity index (χ3n) is 4.64. The van der Waals surface area contributed by atoms with Crippen molar-refractivity contribution in [1.29, 1.82) is 0 Å². The maximum absolute atomic E-state index is 12.9. The van der Waals surface area contributed by atoms with E-state index in [2.05, 4.69) is 15.3 Å². The van der Waals surface area contributed by atoms with Crippen molar-refractivity contribution in [2.45, 2.75) is 31.7 Å². The van der Waals surface area contributed by atoms with Gasteiger partial charge in [0.2, 0.25) is 0 Å². The van der Waals surface area contributed by atoms with Crippen LogP contribution in [0.15, 0.2) is 35.6 Å². The van der Waals surface area contributed by atoms with Gasteiger partial charge in [-0.25, -0.2) is 14.8 Å². The number of halogens is 1. The number of esters is 1. The Morgan fingerprint density at radius 2 is 1.94 bits per heavy atom. The van der Waals surface area contributed by atoms with Crippen LogP contribution < -0.4 is 5.32 Å². The Morgan fingerprint density at radius 3 is 2.59 bits per heavy atom. The molecule has 0 atom stereocenters. The van der Waals surface area contributed by atoms with E-state index in [-0.39, 0.29) is 27.1 Å². The fraction of sp³-hybridized carbons (Fsp3) is 0.227. The number of anilines is 1. The molecule has 0 spiro atoms. The van der Waals surface area contributed by atoms with E-state index < -0.39 is 11.9 Å². The standard InChI is InChI=1S/C22H20ClN3O4S2/c1-11-7-5-6-8-14(11)10-31-22-24-9-15(23)17(25-22)19(28)26-20-16(21(29)30-4)12(2)18(32-20)13(3)27/h5-9H,10H2,1-4H3,(H,26,28). The summed E-state index contributed by atoms with van der Waals surface area (Å²) in [5.74, 6) is -0.844. The first kappa shape index (κ1) is 23.9. The van der Waals surface area contributed by atoms with Gasteiger partial charge in [0, 0.05) is 5.75 Å². The summed E-state index contributed by atoms with van der Waals surface area (Å²) in [5.41, 5.74) is 2.84. The number of nitrogens with zero attached hydrogens (tertiary/aromatic N) is 2. The number of amides is 1. The van der Waals surface area contributed by atoms with E-state index in [4.69, 9.17) is 16.3 Å². The van der Waals surface area contributed by atoms with Crippen LogP contribution in [0.5, 0.6) is 0 Å². The van der Waals surface area contributed by atoms with Gasteiger partial charge >= 0.3 is 5.97 Å². The highest BCUT2D eigenvalue weighted by Crippen LogP contribution is 2.34. The molecule has 0 fully saturated rings. The Hall–Kier alpha value is -2.75. The number of aryl methyl sites for hydroxylation is 1. The topological polar surface area (TPSA) is 98.2 Å². The second kappa shape index (κ2) is 10.2. The molecule has 0 aliphatic carbocycles. The minimum atomic E-state index is -0.648. The number of nitrogens with one attached hydrogen (secondary N) is 1. The number of thiophene rings is 1. The molecule has 32 heavy (non-hydrogen) atoms. The highest BCUT2D eigenvalue weighted by molar-refractivity contribution is 7.98. The lowest BCUT2D eigenvalue weighted by molar-refractivity contribution is 0.0601. The van der Waals surface area contributed by atoms with Crippen LogP contribution >= 0.6 is 34.7 Å². The normalized spacial score (nSPS) is 10.7. The number of hydrogen-bond donors (Lipinski definition) is 1. The van der Waals surface area contributed by atoms with Gasteiger partial charge in [-0.05, 0) is 37.5 Å². The van der Waals surface area contributed by atoms with Gasteiger partial charge in [-0.1, -0.05) is 47.6 Å². The number of rotatable bonds is 7. The Labute approximate surface area is 198 Å². The van der Waals surface area contributed by atoms with Crippen molar-refractivity contribution >= 4 is 57.4 Å². The second-order valence-electron chi connectivity index (χ2n) is 6.83. The van der Waals surface area contributed by atoms with E-state index in [1.54, 1.807) is 6.92 Å². The number of aromatic nitrogens is 2. The molecule has 2 heterocycles. The molecule has 3 aromatic rings. The predicted octanol–water partition coefficient (Wildman–Crippen LogP) is 5.34. The van der Waals surface area contributed by atoms with Crippen LogP contribution in [0.3, 0.4) is 0 Å². The number of methoxy groups -OCH3 is 1. The molecular weight excluding hydrogens is 470 g/mol. The summed E-state index contributed by atoms with van der Waals surface area (Å²) in [7, 11) is 1.23. The Balaban J connectivity index is 1.86. The lowest BCUT2D eigenvalue weighted by Crippen LogP contribution is -2.16. The molecule has 2 aromatic heterocycles. The van der Waals surface area contributed by atoms with Gasteiger partial charge in [0.25, 0.3) is 5.91 Å². The molecule has 0 unspecified atom stereocenters. The van der Waals surface area contributed by atoms with Crippen molar-refractivity contribution in [3.63, 3.8) is 0 Å². The zero-order valence-electron chi connectivity index (χ0n) is 17.8. The monoisotopic (exact) mass is 489 g/mol. The first-order chi connectivity index (χ1) is 15.2. The van der Waals surface area contributed by atoms with Crippen LogP contribution in [-0.2, 0) is 10.5 Å². The lowest BCUT2D eigenvalue weighted by Gasteiger charge is -2.08. The highest BCUT2D eigenvalue weighted by atomic mass is 35.5. The average molecular weight is 490 g/mol. The van der Waals surface area contributed by atoms with Crippen molar-refractivity contribution in [1.82, 2.24) is 9.97 Å². The largest absolute Gasteiger partial charge is 0.465 e. The number of ether oxygens (including phenoxy) is 1. The number of carbonyl (C=O) groups excluding carboxylic acids is 3. The van der Waals surface area contributed by atoms with Gasteiger partial charge in [-0.15, -0.1) is 11.3 Å². The van der Waals surface area contributed by atoms with Crippen LogP contribution in [0.4, 0.5) is 5.00 Å². The minimum absolute atomic E-state index is 0.0276. The first-order valence-electron chi connectivity index (χ1n) is 9.46. The summed E-state index contributed by atoms with van der Waals surface area (Å²) < 4.78 is 4.81. The molecule has 3 rings (SSSR count). The third kappa shape index (κ3) is 5.17. The first-order valence-corrected chi connectivity index (χ1v) is 11.6. The molecule has 1 N–H and O–H groups in total. The number of thioether (sulfide) groups is 1. The molecular formula is C22H20ClN3O4S2. The summed E-state index contributed by atoms with van der Waals surface area (Å²) in [6.07, 6.45) is 1.37. The smallest absolute Gasteiger partial charge is 0.341 e. The third-order valence-corrected chi connectivity index (χ3v) is 7.13. The quantitative estimate of drug-likeness (QED) is 0.207. The molecule has 0 aliphatic rings. The average Bonchev–Trinajstić information content (AvgIpc) is 3.09. The molecule has 1 amide bonds. The number of carbonyl (C=O) groups is 3. The molecule has 7 nitrogen and oxygen atoms in total. The van der Waals surface area contributed by atoms with Crippen LogP contribution in [0, 0.1) is 13.8 Å². The van der Waals surface area contributed by atoms with E-state index in [0.717, 1.165) is 22.5 Å². The zero-order valence-corrected chi connectivity index (χ0v) is 20.2. The molecule has 0 bridgehead atoms. The fourth-order valence-electron chi connectivity index (χ4n) is 2.94. The fourth-order valence-corrected chi connectivity index (χ4v) is 5.10. The summed E-state index contributed by atoms with van der Waals surface area (Å²) >= 11 is 8.56. The number of Topliss-reactive ketones (excluding diaryl/α,β-unsaturated/α-hetero) is 1. The maximum Gasteiger partial charge on any atom is 0.341 e. The van der Waals surface area contributed by atoms with E-state index in [9.17, 15) is 14.4 Å². The molecule has 0 radical (unpaired) electrons. The van der Waals surface area contributed by atoms with Crippen LogP contribution in [0.2, 0.25) is 5.02 Å². The highest BCUT2D eigenvalue weighted by Gasteiger charge is 2.26. The van der Waals surface area contributed by atoms with Crippen molar-refractivity contribution in [3.8, 4) is 0 Å². The molecule has 0 saturated carbocycles. The van der Waals surface area contributed by atoms with Gasteiger partial charge < -0.3 is 10.1 Å². The molecule has 10 heteroatoms. The van der Waals surface area contributed by atoms with Crippen molar-refractivity contribution in [2.24, 2.45) is 0 Å². The van der Waals surface area contributed by atoms with Crippen LogP contribution in [-0.4, -0.2) is 34.7 Å². The maximum atomic E-state index is 12.9. The van der Waals surface area contributed by atoms with Gasteiger partial charge in [0.1, 0.15) is 5.00 Å². The van der Waals surface area contributed by atoms with Crippen molar-refractivity contribution in [2.75, 3.05) is 12.4 Å². The minimum Gasteiger partial charge on any atom is -0.465 e. The number of hydrogen-bond acceptors (Lipinski definition) is 8. The van der Waals surface area contributed by atoms with Gasteiger partial charge in [-0.3, -0.25) is 9.59 Å². The zero-order chi connectivity index (χ0) is 23.4. The summed E-state index contributed by atoms with van der Waals surface area (Å²) in [6, 6.07) is 7.97. The molecule has 0 aliphatic heterocycles. The summed E-state index contributed by atoms with van der Waals surface area (Å²) in [4.78, 5) is 46.0. The van der Waals surface area contributed by atoms with E-state index in [1.165, 1.54) is 32.0 Å².